The lowest BCUT2D eigenvalue weighted by Gasteiger charge is -2.40. The van der Waals surface area contributed by atoms with E-state index in [0.29, 0.717) is 31.5 Å². The molecule has 7 heteroatoms. The third kappa shape index (κ3) is 3.99. The first-order valence-electron chi connectivity index (χ1n) is 10.7. The molecule has 2 N–H and O–H groups in total. The number of rotatable bonds is 5. The number of hydrogen-bond acceptors (Lipinski definition) is 4. The van der Waals surface area contributed by atoms with E-state index in [1.165, 1.54) is 0 Å². The summed E-state index contributed by atoms with van der Waals surface area (Å²) in [7, 11) is 1.57. The van der Waals surface area contributed by atoms with Gasteiger partial charge < -0.3 is 20.3 Å². The molecule has 0 aromatic heterocycles. The van der Waals surface area contributed by atoms with E-state index in [1.807, 2.05) is 18.2 Å². The Morgan fingerprint density at radius 3 is 2.73 bits per heavy atom. The molecule has 0 spiro atoms. The van der Waals surface area contributed by atoms with Gasteiger partial charge >= 0.3 is 0 Å². The highest BCUT2D eigenvalue weighted by atomic mass is 16.5. The van der Waals surface area contributed by atoms with Crippen LogP contribution in [0.15, 0.2) is 36.4 Å². The minimum Gasteiger partial charge on any atom is -0.368 e. The monoisotopic (exact) mass is 411 g/mol. The number of benzene rings is 1. The van der Waals surface area contributed by atoms with Crippen LogP contribution in [-0.2, 0) is 14.3 Å². The Hall–Kier alpha value is -2.67. The van der Waals surface area contributed by atoms with Gasteiger partial charge in [0.15, 0.2) is 0 Å². The number of amides is 3. The van der Waals surface area contributed by atoms with Crippen molar-refractivity contribution in [2.24, 2.45) is 0 Å². The van der Waals surface area contributed by atoms with Gasteiger partial charge in [-0.2, -0.15) is 0 Å². The van der Waals surface area contributed by atoms with E-state index in [2.05, 4.69) is 22.8 Å². The van der Waals surface area contributed by atoms with Crippen molar-refractivity contribution in [2.45, 2.75) is 56.2 Å². The Morgan fingerprint density at radius 1 is 1.27 bits per heavy atom. The third-order valence-electron chi connectivity index (χ3n) is 6.56. The number of nitrogens with zero attached hydrogens (tertiary/aromatic N) is 1. The number of fused-ring (bicyclic) bond motifs is 1. The average molecular weight is 412 g/mol. The standard InChI is InChI=1S/C23H29N3O4/c1-30-23(22(29)24-16-7-3-2-4-8-16)11-13-26(14-12-23)20(27)15-19-17-9-5-6-10-18(17)21(28)25-19/h3,5-7,9-10,16,19H,2,4,8,11-15H2,1H3,(H,24,29)(H,25,28). The van der Waals surface area contributed by atoms with Crippen LogP contribution in [0.3, 0.4) is 0 Å². The first kappa shape index (κ1) is 20.6. The van der Waals surface area contributed by atoms with Gasteiger partial charge in [-0.15, -0.1) is 0 Å². The van der Waals surface area contributed by atoms with E-state index < -0.39 is 5.60 Å². The first-order valence-corrected chi connectivity index (χ1v) is 10.7. The van der Waals surface area contributed by atoms with Crippen molar-refractivity contribution in [3.05, 3.63) is 47.5 Å². The number of nitrogens with one attached hydrogen (secondary N) is 2. The van der Waals surface area contributed by atoms with Crippen LogP contribution in [0, 0.1) is 0 Å². The van der Waals surface area contributed by atoms with Gasteiger partial charge in [-0.3, -0.25) is 14.4 Å². The minimum atomic E-state index is -0.893. The van der Waals surface area contributed by atoms with Crippen LogP contribution in [0.1, 0.15) is 60.5 Å². The molecule has 0 radical (unpaired) electrons. The molecule has 7 nitrogen and oxygen atoms in total. The summed E-state index contributed by atoms with van der Waals surface area (Å²) in [4.78, 5) is 39.7. The van der Waals surface area contributed by atoms with Crippen molar-refractivity contribution in [1.29, 1.82) is 0 Å². The second-order valence-electron chi connectivity index (χ2n) is 8.34. The van der Waals surface area contributed by atoms with E-state index in [1.54, 1.807) is 18.1 Å². The molecule has 2 aliphatic heterocycles. The number of hydrogen-bond donors (Lipinski definition) is 2. The van der Waals surface area contributed by atoms with Crippen molar-refractivity contribution in [1.82, 2.24) is 15.5 Å². The minimum absolute atomic E-state index is 0.0164. The molecule has 30 heavy (non-hydrogen) atoms. The van der Waals surface area contributed by atoms with E-state index in [-0.39, 0.29) is 36.2 Å². The van der Waals surface area contributed by atoms with Gasteiger partial charge in [0.1, 0.15) is 5.60 Å². The van der Waals surface area contributed by atoms with Crippen LogP contribution < -0.4 is 10.6 Å². The molecule has 3 aliphatic rings. The van der Waals surface area contributed by atoms with Crippen molar-refractivity contribution < 1.29 is 19.1 Å². The van der Waals surface area contributed by atoms with Crippen molar-refractivity contribution >= 4 is 17.7 Å². The fourth-order valence-electron chi connectivity index (χ4n) is 4.66. The molecule has 1 fully saturated rings. The SMILES string of the molecule is COC1(C(=O)NC2C=CCCC2)CCN(C(=O)CC2NC(=O)c3ccccc32)CC1. The van der Waals surface area contributed by atoms with Gasteiger partial charge in [-0.1, -0.05) is 30.4 Å². The maximum absolute atomic E-state index is 12.9. The second kappa shape index (κ2) is 8.60. The Balaban J connectivity index is 1.34. The van der Waals surface area contributed by atoms with Crippen LogP contribution >= 0.6 is 0 Å². The highest BCUT2D eigenvalue weighted by molar-refractivity contribution is 5.99. The van der Waals surface area contributed by atoms with Crippen LogP contribution in [0.4, 0.5) is 0 Å². The lowest BCUT2D eigenvalue weighted by atomic mass is 9.89. The number of carbonyl (C=O) groups is 3. The lowest BCUT2D eigenvalue weighted by Crippen LogP contribution is -2.57. The molecule has 2 unspecified atom stereocenters. The van der Waals surface area contributed by atoms with Crippen LogP contribution in [0.5, 0.6) is 0 Å². The average Bonchev–Trinajstić information content (AvgIpc) is 3.10. The zero-order valence-electron chi connectivity index (χ0n) is 17.4. The maximum Gasteiger partial charge on any atom is 0.252 e. The zero-order valence-corrected chi connectivity index (χ0v) is 17.4. The predicted octanol–water partition coefficient (Wildman–Crippen LogP) is 2.09. The number of ether oxygens (including phenoxy) is 1. The summed E-state index contributed by atoms with van der Waals surface area (Å²) in [6.07, 6.45) is 8.39. The third-order valence-corrected chi connectivity index (χ3v) is 6.56. The lowest BCUT2D eigenvalue weighted by molar-refractivity contribution is -0.154. The summed E-state index contributed by atoms with van der Waals surface area (Å²) < 4.78 is 5.67. The Kier molecular flexibility index (Phi) is 5.90. The first-order chi connectivity index (χ1) is 14.5. The molecular formula is C23H29N3O4. The maximum atomic E-state index is 12.9. The van der Waals surface area contributed by atoms with E-state index in [4.69, 9.17) is 4.74 Å². The molecule has 0 saturated carbocycles. The van der Waals surface area contributed by atoms with Gasteiger partial charge in [0.25, 0.3) is 11.8 Å². The Bertz CT molecular complexity index is 858. The number of methoxy groups -OCH3 is 1. The van der Waals surface area contributed by atoms with Crippen LogP contribution in [0.2, 0.25) is 0 Å². The number of likely N-dealkylation sites (tertiary alicyclic amines) is 1. The number of carbonyl (C=O) groups excluding carboxylic acids is 3. The molecule has 0 bridgehead atoms. The normalized spacial score (nSPS) is 24.8. The Labute approximate surface area is 176 Å². The Morgan fingerprint density at radius 2 is 2.03 bits per heavy atom. The summed E-state index contributed by atoms with van der Waals surface area (Å²) in [6.45, 7) is 0.922. The molecule has 3 amide bonds. The summed E-state index contributed by atoms with van der Waals surface area (Å²) in [5, 5.41) is 6.00. The second-order valence-corrected chi connectivity index (χ2v) is 8.34. The smallest absolute Gasteiger partial charge is 0.252 e. The van der Waals surface area contributed by atoms with Gasteiger partial charge in [-0.25, -0.2) is 0 Å². The van der Waals surface area contributed by atoms with Crippen molar-refractivity contribution in [2.75, 3.05) is 20.2 Å². The molecule has 4 rings (SSSR count). The van der Waals surface area contributed by atoms with E-state index in [0.717, 1.165) is 24.8 Å². The highest BCUT2D eigenvalue weighted by Crippen LogP contribution is 2.31. The van der Waals surface area contributed by atoms with Crippen LogP contribution in [-0.4, -0.2) is 54.5 Å². The zero-order chi connectivity index (χ0) is 21.1. The molecule has 1 saturated heterocycles. The van der Waals surface area contributed by atoms with Gasteiger partial charge in [-0.05, 0) is 30.9 Å². The topological polar surface area (TPSA) is 87.7 Å². The largest absolute Gasteiger partial charge is 0.368 e. The van der Waals surface area contributed by atoms with Gasteiger partial charge in [0, 0.05) is 44.6 Å². The summed E-state index contributed by atoms with van der Waals surface area (Å²) >= 11 is 0. The summed E-state index contributed by atoms with van der Waals surface area (Å²) in [5.74, 6) is -0.239. The molecule has 1 aliphatic carbocycles. The summed E-state index contributed by atoms with van der Waals surface area (Å²) in [6, 6.07) is 7.14. The van der Waals surface area contributed by atoms with Gasteiger partial charge in [0.05, 0.1) is 12.5 Å². The quantitative estimate of drug-likeness (QED) is 0.727. The fourth-order valence-corrected chi connectivity index (χ4v) is 4.66. The summed E-state index contributed by atoms with van der Waals surface area (Å²) in [5.41, 5.74) is 0.621. The van der Waals surface area contributed by atoms with Crippen molar-refractivity contribution in [3.8, 4) is 0 Å². The molecule has 1 aromatic rings. The molecule has 2 heterocycles. The molecule has 1 aromatic carbocycles. The molecule has 2 atom stereocenters. The van der Waals surface area contributed by atoms with Crippen LogP contribution in [0.25, 0.3) is 0 Å². The van der Waals surface area contributed by atoms with E-state index >= 15 is 0 Å². The van der Waals surface area contributed by atoms with Gasteiger partial charge in [0.2, 0.25) is 5.91 Å². The molecule has 160 valence electrons. The predicted molar refractivity (Wildman–Crippen MR) is 112 cm³/mol. The van der Waals surface area contributed by atoms with Crippen molar-refractivity contribution in [3.63, 3.8) is 0 Å². The molecular weight excluding hydrogens is 382 g/mol. The highest BCUT2D eigenvalue weighted by Gasteiger charge is 2.43. The number of piperidine rings is 1. The fraction of sp³-hybridized carbons (Fsp3) is 0.522. The van der Waals surface area contributed by atoms with E-state index in [9.17, 15) is 14.4 Å². The number of allylic oxidation sites excluding steroid dienone is 1.